The minimum atomic E-state index is -0.542. The number of nitrogens with one attached hydrogen (secondary N) is 1. The summed E-state index contributed by atoms with van der Waals surface area (Å²) >= 11 is 5.99. The number of hydrogen-bond acceptors (Lipinski definition) is 5. The molecule has 3 aromatic rings. The maximum Gasteiger partial charge on any atom is 0.325 e. The Hall–Kier alpha value is -3.13. The summed E-state index contributed by atoms with van der Waals surface area (Å²) in [6, 6.07) is 9.38. The number of nitrogens with zero attached hydrogens (tertiary/aromatic N) is 6. The van der Waals surface area contributed by atoms with Crippen molar-refractivity contribution in [2.24, 2.45) is 5.92 Å². The minimum absolute atomic E-state index is 0.0469. The molecule has 0 bridgehead atoms. The van der Waals surface area contributed by atoms with E-state index in [9.17, 15) is 4.79 Å². The molecule has 1 fully saturated rings. The van der Waals surface area contributed by atoms with Crippen molar-refractivity contribution in [3.8, 4) is 5.69 Å². The predicted octanol–water partition coefficient (Wildman–Crippen LogP) is 4.56. The molecule has 2 aromatic heterocycles. The van der Waals surface area contributed by atoms with E-state index in [0.29, 0.717) is 29.3 Å². The number of benzene rings is 1. The van der Waals surface area contributed by atoms with Crippen molar-refractivity contribution < 1.29 is 4.79 Å². The second-order valence-corrected chi connectivity index (χ2v) is 9.41. The molecule has 1 N–H and O–H groups in total. The molecule has 8 nitrogen and oxygen atoms in total. The van der Waals surface area contributed by atoms with Crippen LogP contribution in [0.15, 0.2) is 49.1 Å². The van der Waals surface area contributed by atoms with Gasteiger partial charge in [-0.15, -0.1) is 0 Å². The SMILES string of the molecule is CC(C)C1CN(C)C(=O)N1c1ccnc(NC(C)(C)c2cn(-c3ccc(Cl)cc3)cn2)n1. The molecule has 168 valence electrons. The summed E-state index contributed by atoms with van der Waals surface area (Å²) in [6.45, 7) is 8.94. The predicted molar refractivity (Wildman–Crippen MR) is 126 cm³/mol. The van der Waals surface area contributed by atoms with Crippen molar-refractivity contribution in [1.82, 2.24) is 24.4 Å². The van der Waals surface area contributed by atoms with Gasteiger partial charge in [0, 0.05) is 36.7 Å². The topological polar surface area (TPSA) is 79.2 Å². The molecule has 3 heterocycles. The van der Waals surface area contributed by atoms with Gasteiger partial charge in [-0.05, 0) is 50.1 Å². The van der Waals surface area contributed by atoms with Crippen LogP contribution in [0.4, 0.5) is 16.6 Å². The lowest BCUT2D eigenvalue weighted by Crippen LogP contribution is -2.38. The average Bonchev–Trinajstić information content (AvgIpc) is 3.35. The third kappa shape index (κ3) is 4.27. The number of hydrogen-bond donors (Lipinski definition) is 1. The van der Waals surface area contributed by atoms with E-state index in [-0.39, 0.29) is 12.1 Å². The van der Waals surface area contributed by atoms with Crippen LogP contribution in [0.25, 0.3) is 5.69 Å². The molecule has 4 rings (SSSR count). The van der Waals surface area contributed by atoms with Crippen molar-refractivity contribution in [2.75, 3.05) is 23.8 Å². The fourth-order valence-electron chi connectivity index (χ4n) is 3.83. The normalized spacial score (nSPS) is 16.8. The Labute approximate surface area is 193 Å². The maximum atomic E-state index is 12.7. The quantitative estimate of drug-likeness (QED) is 0.591. The zero-order valence-corrected chi connectivity index (χ0v) is 19.7. The molecule has 1 saturated heterocycles. The van der Waals surface area contributed by atoms with E-state index in [1.807, 2.05) is 55.9 Å². The second kappa shape index (κ2) is 8.43. The Bertz CT molecular complexity index is 1110. The molecule has 0 radical (unpaired) electrons. The van der Waals surface area contributed by atoms with Crippen LogP contribution < -0.4 is 10.2 Å². The van der Waals surface area contributed by atoms with Gasteiger partial charge in [-0.25, -0.2) is 14.8 Å². The summed E-state index contributed by atoms with van der Waals surface area (Å²) in [6.07, 6.45) is 5.41. The van der Waals surface area contributed by atoms with Gasteiger partial charge in [0.25, 0.3) is 0 Å². The van der Waals surface area contributed by atoms with Gasteiger partial charge >= 0.3 is 6.03 Å². The highest BCUT2D eigenvalue weighted by Crippen LogP contribution is 2.29. The number of carbonyl (C=O) groups excluding carboxylic acids is 1. The molecule has 1 aliphatic heterocycles. The lowest BCUT2D eigenvalue weighted by Gasteiger charge is -2.27. The number of anilines is 2. The molecule has 9 heteroatoms. The number of carbonyl (C=O) groups is 1. The number of rotatable bonds is 6. The van der Waals surface area contributed by atoms with Crippen molar-refractivity contribution >= 4 is 29.4 Å². The number of amides is 2. The fourth-order valence-corrected chi connectivity index (χ4v) is 3.96. The van der Waals surface area contributed by atoms with E-state index in [0.717, 1.165) is 11.4 Å². The summed E-state index contributed by atoms with van der Waals surface area (Å²) in [5.41, 5.74) is 1.26. The van der Waals surface area contributed by atoms with Gasteiger partial charge in [-0.1, -0.05) is 25.4 Å². The Morgan fingerprint density at radius 3 is 2.56 bits per heavy atom. The molecule has 32 heavy (non-hydrogen) atoms. The van der Waals surface area contributed by atoms with E-state index in [2.05, 4.69) is 34.1 Å². The first kappa shape index (κ1) is 22.1. The summed E-state index contributed by atoms with van der Waals surface area (Å²) < 4.78 is 1.94. The van der Waals surface area contributed by atoms with Gasteiger partial charge in [0.1, 0.15) is 5.82 Å². The van der Waals surface area contributed by atoms with Crippen LogP contribution in [0.2, 0.25) is 5.02 Å². The van der Waals surface area contributed by atoms with Gasteiger partial charge in [0.05, 0.1) is 23.6 Å². The smallest absolute Gasteiger partial charge is 0.325 e. The van der Waals surface area contributed by atoms with Crippen LogP contribution in [-0.4, -0.2) is 50.1 Å². The Morgan fingerprint density at radius 2 is 1.88 bits per heavy atom. The average molecular weight is 454 g/mol. The van der Waals surface area contributed by atoms with Crippen molar-refractivity contribution in [3.63, 3.8) is 0 Å². The number of likely N-dealkylation sites (N-methyl/N-ethyl adjacent to an activating group) is 1. The molecule has 1 unspecified atom stereocenters. The van der Waals surface area contributed by atoms with Crippen molar-refractivity contribution in [2.45, 2.75) is 39.3 Å². The molecule has 0 aliphatic carbocycles. The van der Waals surface area contributed by atoms with E-state index in [4.69, 9.17) is 11.6 Å². The van der Waals surface area contributed by atoms with Crippen molar-refractivity contribution in [3.05, 3.63) is 59.8 Å². The van der Waals surface area contributed by atoms with Gasteiger partial charge in [0.2, 0.25) is 5.95 Å². The highest BCUT2D eigenvalue weighted by atomic mass is 35.5. The van der Waals surface area contributed by atoms with Crippen LogP contribution in [0.5, 0.6) is 0 Å². The number of urea groups is 1. The molecule has 1 aromatic carbocycles. The molecule has 1 aliphatic rings. The van der Waals surface area contributed by atoms with Crippen LogP contribution in [0, 0.1) is 5.92 Å². The zero-order valence-electron chi connectivity index (χ0n) is 19.0. The summed E-state index contributed by atoms with van der Waals surface area (Å²) in [4.78, 5) is 29.9. The molecule has 0 spiro atoms. The number of aromatic nitrogens is 4. The molecule has 0 saturated carbocycles. The summed E-state index contributed by atoms with van der Waals surface area (Å²) in [5.74, 6) is 1.35. The Kier molecular flexibility index (Phi) is 5.81. The minimum Gasteiger partial charge on any atom is -0.344 e. The Balaban J connectivity index is 1.57. The third-order valence-electron chi connectivity index (χ3n) is 5.75. The van der Waals surface area contributed by atoms with E-state index < -0.39 is 5.54 Å². The monoisotopic (exact) mass is 453 g/mol. The first-order valence-corrected chi connectivity index (χ1v) is 11.0. The molecular weight excluding hydrogens is 426 g/mol. The van der Waals surface area contributed by atoms with Crippen LogP contribution in [0.1, 0.15) is 33.4 Å². The standard InChI is InChI=1S/C23H28ClN7O/c1-15(2)18-12-29(5)22(32)31(18)20-10-11-25-21(27-20)28-23(3,4)19-13-30(14-26-19)17-8-6-16(24)7-9-17/h6-11,13-15,18H,12H2,1-5H3,(H,25,27,28). The lowest BCUT2D eigenvalue weighted by molar-refractivity contribution is 0.229. The van der Waals surface area contributed by atoms with Crippen molar-refractivity contribution in [1.29, 1.82) is 0 Å². The first-order valence-electron chi connectivity index (χ1n) is 10.6. The van der Waals surface area contributed by atoms with Crippen LogP contribution in [0.3, 0.4) is 0 Å². The summed E-state index contributed by atoms with van der Waals surface area (Å²) in [7, 11) is 1.82. The van der Waals surface area contributed by atoms with Gasteiger partial charge in [0.15, 0.2) is 0 Å². The first-order chi connectivity index (χ1) is 15.2. The zero-order chi connectivity index (χ0) is 23.0. The molecular formula is C23H28ClN7O. The van der Waals surface area contributed by atoms with E-state index >= 15 is 0 Å². The van der Waals surface area contributed by atoms with Gasteiger partial charge in [-0.2, -0.15) is 4.98 Å². The van der Waals surface area contributed by atoms with Crippen LogP contribution in [-0.2, 0) is 5.54 Å². The third-order valence-corrected chi connectivity index (χ3v) is 6.01. The summed E-state index contributed by atoms with van der Waals surface area (Å²) in [5, 5.41) is 4.06. The second-order valence-electron chi connectivity index (χ2n) is 8.98. The number of halogens is 1. The highest BCUT2D eigenvalue weighted by Gasteiger charge is 2.39. The number of imidazole rings is 1. The maximum absolute atomic E-state index is 12.7. The van der Waals surface area contributed by atoms with Gasteiger partial charge in [-0.3, -0.25) is 4.90 Å². The van der Waals surface area contributed by atoms with E-state index in [1.165, 1.54) is 0 Å². The lowest BCUT2D eigenvalue weighted by atomic mass is 10.0. The Morgan fingerprint density at radius 1 is 1.16 bits per heavy atom. The largest absolute Gasteiger partial charge is 0.344 e. The van der Waals surface area contributed by atoms with Gasteiger partial charge < -0.3 is 14.8 Å². The molecule has 1 atom stereocenters. The van der Waals surface area contributed by atoms with E-state index in [1.54, 1.807) is 28.4 Å². The molecule has 2 amide bonds. The fraction of sp³-hybridized carbons (Fsp3) is 0.391. The van der Waals surface area contributed by atoms with Crippen LogP contribution >= 0.6 is 11.6 Å². The highest BCUT2D eigenvalue weighted by molar-refractivity contribution is 6.30.